The number of amides is 2. The molecule has 0 fully saturated rings. The Hall–Kier alpha value is -4.72. The number of nitrogens with two attached hydrogens (primary N) is 1. The lowest BCUT2D eigenvalue weighted by atomic mass is 10.0. The van der Waals surface area contributed by atoms with E-state index in [0.717, 1.165) is 27.6 Å². The number of fused-ring (bicyclic) bond motifs is 1. The van der Waals surface area contributed by atoms with Crippen LogP contribution in [-0.2, 0) is 6.61 Å². The number of rotatable bonds is 7. The van der Waals surface area contributed by atoms with E-state index in [-0.39, 0.29) is 12.6 Å². The molecular weight excluding hydrogens is 440 g/mol. The molecule has 0 bridgehead atoms. The van der Waals surface area contributed by atoms with Crippen molar-refractivity contribution in [1.29, 1.82) is 0 Å². The largest absolute Gasteiger partial charge is 0.487 e. The maximum absolute atomic E-state index is 11.9. The quantitative estimate of drug-likeness (QED) is 0.347. The number of allylic oxidation sites excluding steroid dienone is 1. The molecule has 2 aromatic heterocycles. The van der Waals surface area contributed by atoms with Gasteiger partial charge in [-0.15, -0.1) is 0 Å². The summed E-state index contributed by atoms with van der Waals surface area (Å²) in [5.74, 6) is 0.673. The Balaban J connectivity index is 1.54. The van der Waals surface area contributed by atoms with Crippen LogP contribution in [0.15, 0.2) is 84.1 Å². The van der Waals surface area contributed by atoms with E-state index >= 15 is 0 Å². The van der Waals surface area contributed by atoms with Gasteiger partial charge in [-0.25, -0.2) is 9.78 Å². The highest BCUT2D eigenvalue weighted by Gasteiger charge is 2.10. The third-order valence-electron chi connectivity index (χ3n) is 5.34. The van der Waals surface area contributed by atoms with E-state index in [1.807, 2.05) is 66.7 Å². The number of hydrogen-bond acceptors (Lipinski definition) is 6. The predicted molar refractivity (Wildman–Crippen MR) is 140 cm³/mol. The number of pyridine rings is 2. The number of carbonyl (C=O) groups is 1. The maximum Gasteiger partial charge on any atom is 0.318 e. The molecule has 4 aromatic rings. The fourth-order valence-corrected chi connectivity index (χ4v) is 3.60. The van der Waals surface area contributed by atoms with Crippen molar-refractivity contribution in [3.8, 4) is 5.75 Å². The average molecular weight is 467 g/mol. The summed E-state index contributed by atoms with van der Waals surface area (Å²) in [6.07, 6.45) is 5.18. The summed E-state index contributed by atoms with van der Waals surface area (Å²) in [5, 5.41) is 6.27. The van der Waals surface area contributed by atoms with E-state index in [0.29, 0.717) is 22.8 Å². The van der Waals surface area contributed by atoms with Crippen molar-refractivity contribution in [3.05, 3.63) is 95.9 Å². The fourth-order valence-electron chi connectivity index (χ4n) is 3.60. The standard InChI is InChI=1S/C27H26N6O2/c1-29-16-23(18-11-13-31-14-12-18)26(28)19-7-9-21(10-8-19)35-17-20-15-25(33-27(34)30-2)22-5-3-4-6-24(22)32-20/h3-16H,17,28H2,1-2H3,(H2,30,32,33,34)/b26-23+,29-16?. The fraction of sp³-hybridized carbons (Fsp3) is 0.111. The number of aromatic nitrogens is 2. The number of anilines is 1. The van der Waals surface area contributed by atoms with Gasteiger partial charge in [0, 0.05) is 49.4 Å². The second kappa shape index (κ2) is 10.9. The van der Waals surface area contributed by atoms with E-state index in [9.17, 15) is 4.79 Å². The molecule has 2 heterocycles. The van der Waals surface area contributed by atoms with Crippen LogP contribution in [0.3, 0.4) is 0 Å². The number of ether oxygens (including phenoxy) is 1. The summed E-state index contributed by atoms with van der Waals surface area (Å²) in [5.41, 5.74) is 11.8. The Morgan fingerprint density at radius 1 is 1.06 bits per heavy atom. The van der Waals surface area contributed by atoms with E-state index in [1.54, 1.807) is 32.7 Å². The number of para-hydroxylation sites is 1. The van der Waals surface area contributed by atoms with Gasteiger partial charge in [-0.05, 0) is 59.7 Å². The molecule has 0 saturated carbocycles. The van der Waals surface area contributed by atoms with Crippen LogP contribution in [0.1, 0.15) is 16.8 Å². The van der Waals surface area contributed by atoms with Gasteiger partial charge in [0.1, 0.15) is 12.4 Å². The number of carbonyl (C=O) groups excluding carboxylic acids is 1. The summed E-state index contributed by atoms with van der Waals surface area (Å²) in [6.45, 7) is 0.239. The van der Waals surface area contributed by atoms with Crippen LogP contribution >= 0.6 is 0 Å². The number of nitrogens with zero attached hydrogens (tertiary/aromatic N) is 3. The number of urea groups is 1. The first-order valence-corrected chi connectivity index (χ1v) is 11.0. The Morgan fingerprint density at radius 2 is 1.80 bits per heavy atom. The number of benzene rings is 2. The third kappa shape index (κ3) is 5.62. The van der Waals surface area contributed by atoms with Gasteiger partial charge in [-0.1, -0.05) is 18.2 Å². The Morgan fingerprint density at radius 3 is 2.51 bits per heavy atom. The Labute approximate surface area is 203 Å². The molecule has 0 aliphatic heterocycles. The van der Waals surface area contributed by atoms with Crippen molar-refractivity contribution >= 4 is 40.1 Å². The van der Waals surface area contributed by atoms with Crippen LogP contribution in [-0.4, -0.2) is 36.3 Å². The van der Waals surface area contributed by atoms with Crippen LogP contribution in [0.25, 0.3) is 22.2 Å². The van der Waals surface area contributed by atoms with Gasteiger partial charge in [0.2, 0.25) is 0 Å². The maximum atomic E-state index is 11.9. The van der Waals surface area contributed by atoms with Gasteiger partial charge in [0.25, 0.3) is 0 Å². The van der Waals surface area contributed by atoms with Crippen LogP contribution in [0.4, 0.5) is 10.5 Å². The Bertz CT molecular complexity index is 1380. The molecule has 8 heteroatoms. The van der Waals surface area contributed by atoms with E-state index in [4.69, 9.17) is 10.5 Å². The van der Waals surface area contributed by atoms with Crippen LogP contribution in [0.5, 0.6) is 5.75 Å². The van der Waals surface area contributed by atoms with Crippen molar-refractivity contribution in [2.24, 2.45) is 10.7 Å². The molecule has 0 aliphatic rings. The molecule has 176 valence electrons. The molecule has 4 rings (SSSR count). The minimum absolute atomic E-state index is 0.239. The molecule has 0 atom stereocenters. The molecule has 2 amide bonds. The summed E-state index contributed by atoms with van der Waals surface area (Å²) < 4.78 is 5.97. The van der Waals surface area contributed by atoms with E-state index in [1.165, 1.54) is 0 Å². The summed E-state index contributed by atoms with van der Waals surface area (Å²) in [4.78, 5) is 24.8. The second-order valence-electron chi connectivity index (χ2n) is 7.65. The summed E-state index contributed by atoms with van der Waals surface area (Å²) in [6, 6.07) is 20.5. The van der Waals surface area contributed by atoms with Crippen molar-refractivity contribution in [2.75, 3.05) is 19.4 Å². The lowest BCUT2D eigenvalue weighted by molar-refractivity contribution is 0.254. The summed E-state index contributed by atoms with van der Waals surface area (Å²) in [7, 11) is 3.28. The average Bonchev–Trinajstić information content (AvgIpc) is 2.91. The first-order chi connectivity index (χ1) is 17.1. The minimum Gasteiger partial charge on any atom is -0.487 e. The lowest BCUT2D eigenvalue weighted by Crippen LogP contribution is -2.24. The normalized spacial score (nSPS) is 11.8. The highest BCUT2D eigenvalue weighted by atomic mass is 16.5. The molecule has 0 radical (unpaired) electrons. The van der Waals surface area contributed by atoms with Gasteiger partial charge in [-0.3, -0.25) is 9.98 Å². The highest BCUT2D eigenvalue weighted by Crippen LogP contribution is 2.25. The van der Waals surface area contributed by atoms with Crippen molar-refractivity contribution < 1.29 is 9.53 Å². The zero-order chi connectivity index (χ0) is 24.6. The topological polar surface area (TPSA) is 115 Å². The van der Waals surface area contributed by atoms with Crippen LogP contribution in [0.2, 0.25) is 0 Å². The van der Waals surface area contributed by atoms with Crippen molar-refractivity contribution in [3.63, 3.8) is 0 Å². The predicted octanol–water partition coefficient (Wildman–Crippen LogP) is 4.49. The lowest BCUT2D eigenvalue weighted by Gasteiger charge is -2.12. The van der Waals surface area contributed by atoms with Gasteiger partial charge in [-0.2, -0.15) is 0 Å². The molecule has 2 aromatic carbocycles. The Kier molecular flexibility index (Phi) is 7.32. The zero-order valence-electron chi connectivity index (χ0n) is 19.5. The first kappa shape index (κ1) is 23.4. The summed E-state index contributed by atoms with van der Waals surface area (Å²) >= 11 is 0. The minimum atomic E-state index is -0.297. The van der Waals surface area contributed by atoms with Crippen molar-refractivity contribution in [2.45, 2.75) is 6.61 Å². The first-order valence-electron chi connectivity index (χ1n) is 11.0. The third-order valence-corrected chi connectivity index (χ3v) is 5.34. The van der Waals surface area contributed by atoms with Crippen molar-refractivity contribution in [1.82, 2.24) is 15.3 Å². The van der Waals surface area contributed by atoms with Gasteiger partial charge in [0.15, 0.2) is 0 Å². The molecular formula is C27H26N6O2. The molecule has 0 saturated heterocycles. The van der Waals surface area contributed by atoms with Crippen LogP contribution < -0.4 is 21.1 Å². The number of hydrogen-bond donors (Lipinski definition) is 3. The number of nitrogens with one attached hydrogen (secondary N) is 2. The van der Waals surface area contributed by atoms with E-state index < -0.39 is 0 Å². The SMILES string of the molecule is CN=C/C(=C(\N)c1ccc(OCc2cc(NC(=O)NC)c3ccccc3n2)cc1)c1ccncc1. The zero-order valence-corrected chi connectivity index (χ0v) is 19.5. The van der Waals surface area contributed by atoms with E-state index in [2.05, 4.69) is 25.6 Å². The highest BCUT2D eigenvalue weighted by molar-refractivity contribution is 6.18. The molecule has 4 N–H and O–H groups in total. The smallest absolute Gasteiger partial charge is 0.318 e. The van der Waals surface area contributed by atoms with Gasteiger partial charge >= 0.3 is 6.03 Å². The molecule has 8 nitrogen and oxygen atoms in total. The van der Waals surface area contributed by atoms with Gasteiger partial charge < -0.3 is 21.1 Å². The molecule has 0 unspecified atom stereocenters. The second-order valence-corrected chi connectivity index (χ2v) is 7.65. The monoisotopic (exact) mass is 466 g/mol. The molecule has 35 heavy (non-hydrogen) atoms. The molecule has 0 aliphatic carbocycles. The van der Waals surface area contributed by atoms with Gasteiger partial charge in [0.05, 0.1) is 16.9 Å². The number of aliphatic imine (C=N–C) groups is 1. The molecule has 0 spiro atoms. The van der Waals surface area contributed by atoms with Crippen LogP contribution in [0, 0.1) is 0 Å².